The molecule has 0 amide bonds. The van der Waals surface area contributed by atoms with Crippen molar-refractivity contribution in [1.29, 1.82) is 0 Å². The van der Waals surface area contributed by atoms with E-state index >= 15 is 0 Å². The Morgan fingerprint density at radius 3 is 2.43 bits per heavy atom. The average molecular weight is 383 g/mol. The summed E-state index contributed by atoms with van der Waals surface area (Å²) in [6.45, 7) is 9.08. The third-order valence-electron chi connectivity index (χ3n) is 5.81. The van der Waals surface area contributed by atoms with Crippen LogP contribution in [0.15, 0.2) is 23.3 Å². The first kappa shape index (κ1) is 19.1. The Kier molecular flexibility index (Phi) is 5.71. The molecule has 2 fully saturated rings. The SMILES string of the molecule is CC(C)c1ncc(CN2CCC(c3cc(=O)[nH]c(N4CCCC4)n3)CC2)cn1. The summed E-state index contributed by atoms with van der Waals surface area (Å²) in [5, 5.41) is 0. The smallest absolute Gasteiger partial charge is 0.252 e. The number of likely N-dealkylation sites (tertiary alicyclic amines) is 1. The predicted octanol–water partition coefficient (Wildman–Crippen LogP) is 2.66. The number of anilines is 1. The maximum atomic E-state index is 12.1. The van der Waals surface area contributed by atoms with Gasteiger partial charge in [-0.2, -0.15) is 0 Å². The van der Waals surface area contributed by atoms with E-state index < -0.39 is 0 Å². The summed E-state index contributed by atoms with van der Waals surface area (Å²) in [5.74, 6) is 2.37. The Morgan fingerprint density at radius 1 is 1.11 bits per heavy atom. The lowest BCUT2D eigenvalue weighted by molar-refractivity contribution is 0.203. The fraction of sp³-hybridized carbons (Fsp3) is 0.619. The third kappa shape index (κ3) is 4.41. The van der Waals surface area contributed by atoms with Crippen LogP contribution in [0.3, 0.4) is 0 Å². The minimum Gasteiger partial charge on any atom is -0.342 e. The molecular weight excluding hydrogens is 352 g/mol. The summed E-state index contributed by atoms with van der Waals surface area (Å²) in [6, 6.07) is 1.69. The Labute approximate surface area is 166 Å². The molecule has 2 saturated heterocycles. The minimum absolute atomic E-state index is 0.0308. The number of hydrogen-bond donors (Lipinski definition) is 1. The van der Waals surface area contributed by atoms with E-state index in [1.54, 1.807) is 6.07 Å². The van der Waals surface area contributed by atoms with Crippen molar-refractivity contribution < 1.29 is 0 Å². The largest absolute Gasteiger partial charge is 0.342 e. The predicted molar refractivity (Wildman–Crippen MR) is 110 cm³/mol. The third-order valence-corrected chi connectivity index (χ3v) is 5.81. The van der Waals surface area contributed by atoms with Crippen molar-refractivity contribution >= 4 is 5.95 Å². The number of aromatic amines is 1. The molecule has 7 heteroatoms. The van der Waals surface area contributed by atoms with Crippen molar-refractivity contribution in [1.82, 2.24) is 24.8 Å². The molecule has 28 heavy (non-hydrogen) atoms. The maximum absolute atomic E-state index is 12.1. The Bertz CT molecular complexity index is 833. The maximum Gasteiger partial charge on any atom is 0.252 e. The van der Waals surface area contributed by atoms with Crippen LogP contribution in [0.25, 0.3) is 0 Å². The molecule has 0 unspecified atom stereocenters. The first-order valence-electron chi connectivity index (χ1n) is 10.5. The van der Waals surface area contributed by atoms with Gasteiger partial charge in [0, 0.05) is 55.5 Å². The van der Waals surface area contributed by atoms with E-state index in [1.807, 2.05) is 12.4 Å². The van der Waals surface area contributed by atoms with Crippen LogP contribution < -0.4 is 10.5 Å². The van der Waals surface area contributed by atoms with E-state index in [1.165, 1.54) is 12.8 Å². The molecule has 0 bridgehead atoms. The zero-order valence-corrected chi connectivity index (χ0v) is 16.9. The zero-order chi connectivity index (χ0) is 19.5. The van der Waals surface area contributed by atoms with Crippen LogP contribution in [0.1, 0.15) is 68.4 Å². The van der Waals surface area contributed by atoms with Crippen molar-refractivity contribution in [3.8, 4) is 0 Å². The number of hydrogen-bond acceptors (Lipinski definition) is 6. The van der Waals surface area contributed by atoms with Crippen molar-refractivity contribution in [2.24, 2.45) is 0 Å². The number of piperidine rings is 1. The number of nitrogens with zero attached hydrogens (tertiary/aromatic N) is 5. The van der Waals surface area contributed by atoms with Crippen molar-refractivity contribution in [2.45, 2.75) is 57.9 Å². The lowest BCUT2D eigenvalue weighted by Crippen LogP contribution is -2.33. The van der Waals surface area contributed by atoms with Crippen LogP contribution in [-0.4, -0.2) is 51.0 Å². The Hall–Kier alpha value is -2.28. The molecule has 4 heterocycles. The summed E-state index contributed by atoms with van der Waals surface area (Å²) in [5.41, 5.74) is 2.08. The first-order valence-corrected chi connectivity index (χ1v) is 10.5. The highest BCUT2D eigenvalue weighted by atomic mass is 16.1. The molecule has 0 radical (unpaired) electrons. The van der Waals surface area contributed by atoms with Gasteiger partial charge in [0.1, 0.15) is 5.82 Å². The van der Waals surface area contributed by atoms with E-state index in [9.17, 15) is 4.79 Å². The highest BCUT2D eigenvalue weighted by Crippen LogP contribution is 2.28. The van der Waals surface area contributed by atoms with E-state index in [2.05, 4.69) is 38.6 Å². The summed E-state index contributed by atoms with van der Waals surface area (Å²) >= 11 is 0. The molecule has 1 N–H and O–H groups in total. The van der Waals surface area contributed by atoms with Crippen LogP contribution in [0.4, 0.5) is 5.95 Å². The molecule has 2 aromatic rings. The van der Waals surface area contributed by atoms with E-state index in [0.717, 1.165) is 68.6 Å². The molecule has 150 valence electrons. The zero-order valence-electron chi connectivity index (χ0n) is 16.9. The van der Waals surface area contributed by atoms with Gasteiger partial charge in [-0.15, -0.1) is 0 Å². The van der Waals surface area contributed by atoms with Gasteiger partial charge in [-0.3, -0.25) is 14.7 Å². The number of nitrogens with one attached hydrogen (secondary N) is 1. The summed E-state index contributed by atoms with van der Waals surface area (Å²) in [4.78, 5) is 33.5. The van der Waals surface area contributed by atoms with Crippen LogP contribution in [0, 0.1) is 0 Å². The second-order valence-corrected chi connectivity index (χ2v) is 8.34. The minimum atomic E-state index is -0.0308. The Morgan fingerprint density at radius 2 is 1.79 bits per heavy atom. The van der Waals surface area contributed by atoms with E-state index in [-0.39, 0.29) is 5.56 Å². The van der Waals surface area contributed by atoms with Crippen molar-refractivity contribution in [3.63, 3.8) is 0 Å². The van der Waals surface area contributed by atoms with Crippen LogP contribution in [-0.2, 0) is 6.54 Å². The van der Waals surface area contributed by atoms with Gasteiger partial charge in [0.05, 0.1) is 5.69 Å². The summed E-state index contributed by atoms with van der Waals surface area (Å²) in [6.07, 6.45) is 8.31. The molecule has 7 nitrogen and oxygen atoms in total. The van der Waals surface area contributed by atoms with Crippen molar-refractivity contribution in [3.05, 3.63) is 45.9 Å². The molecule has 0 spiro atoms. The number of aromatic nitrogens is 4. The lowest BCUT2D eigenvalue weighted by atomic mass is 9.93. The van der Waals surface area contributed by atoms with E-state index in [4.69, 9.17) is 4.98 Å². The standard InChI is InChI=1S/C21H30N6O/c1-15(2)20-22-12-16(13-23-20)14-26-9-5-17(6-10-26)18-11-19(28)25-21(24-18)27-7-3-4-8-27/h11-13,15,17H,3-10,14H2,1-2H3,(H,24,25,28). The van der Waals surface area contributed by atoms with Gasteiger partial charge < -0.3 is 4.90 Å². The molecule has 0 atom stereocenters. The van der Waals surface area contributed by atoms with Crippen LogP contribution in [0.5, 0.6) is 0 Å². The van der Waals surface area contributed by atoms with Gasteiger partial charge in [-0.05, 0) is 38.8 Å². The highest BCUT2D eigenvalue weighted by molar-refractivity contribution is 5.32. The second kappa shape index (κ2) is 8.39. The topological polar surface area (TPSA) is 78.0 Å². The fourth-order valence-corrected chi connectivity index (χ4v) is 4.14. The molecule has 2 aliphatic heterocycles. The van der Waals surface area contributed by atoms with Gasteiger partial charge in [0.25, 0.3) is 5.56 Å². The molecule has 4 rings (SSSR count). The van der Waals surface area contributed by atoms with E-state index in [0.29, 0.717) is 11.8 Å². The first-order chi connectivity index (χ1) is 13.6. The molecule has 2 aromatic heterocycles. The molecular formula is C21H30N6O. The number of rotatable bonds is 5. The van der Waals surface area contributed by atoms with Crippen LogP contribution >= 0.6 is 0 Å². The summed E-state index contributed by atoms with van der Waals surface area (Å²) < 4.78 is 0. The van der Waals surface area contributed by atoms with Gasteiger partial charge in [0.2, 0.25) is 5.95 Å². The van der Waals surface area contributed by atoms with Gasteiger partial charge in [-0.1, -0.05) is 13.8 Å². The fourth-order valence-electron chi connectivity index (χ4n) is 4.14. The average Bonchev–Trinajstić information content (AvgIpc) is 3.23. The monoisotopic (exact) mass is 382 g/mol. The molecule has 2 aliphatic rings. The lowest BCUT2D eigenvalue weighted by Gasteiger charge is -2.31. The highest BCUT2D eigenvalue weighted by Gasteiger charge is 2.24. The molecule has 0 aromatic carbocycles. The van der Waals surface area contributed by atoms with Gasteiger partial charge >= 0.3 is 0 Å². The molecule has 0 saturated carbocycles. The summed E-state index contributed by atoms with van der Waals surface area (Å²) in [7, 11) is 0. The van der Waals surface area contributed by atoms with Crippen LogP contribution in [0.2, 0.25) is 0 Å². The number of H-pyrrole nitrogens is 1. The van der Waals surface area contributed by atoms with Crippen molar-refractivity contribution in [2.75, 3.05) is 31.1 Å². The van der Waals surface area contributed by atoms with Gasteiger partial charge in [0.15, 0.2) is 0 Å². The molecule has 0 aliphatic carbocycles. The normalized spacial score (nSPS) is 18.9. The Balaban J connectivity index is 1.37. The van der Waals surface area contributed by atoms with Gasteiger partial charge in [-0.25, -0.2) is 15.0 Å². The quantitative estimate of drug-likeness (QED) is 0.857. The second-order valence-electron chi connectivity index (χ2n) is 8.34.